The van der Waals surface area contributed by atoms with E-state index in [0.29, 0.717) is 34.5 Å². The normalized spacial score (nSPS) is 11.1. The van der Waals surface area contributed by atoms with Crippen molar-refractivity contribution in [3.63, 3.8) is 0 Å². The molecule has 0 aromatic heterocycles. The van der Waals surface area contributed by atoms with E-state index in [1.807, 2.05) is 38.1 Å². The van der Waals surface area contributed by atoms with Crippen LogP contribution in [0.4, 0.5) is 11.4 Å². The molecule has 0 radical (unpaired) electrons. The number of anilines is 2. The van der Waals surface area contributed by atoms with Gasteiger partial charge in [0.1, 0.15) is 0 Å². The maximum Gasteiger partial charge on any atom is 0.231 e. The molecule has 9 heteroatoms. The van der Waals surface area contributed by atoms with Crippen LogP contribution in [0.3, 0.4) is 0 Å². The minimum absolute atomic E-state index is 0.0576. The highest BCUT2D eigenvalue weighted by Gasteiger charge is 2.12. The van der Waals surface area contributed by atoms with Crippen LogP contribution in [-0.2, 0) is 16.6 Å². The number of benzene rings is 2. The van der Waals surface area contributed by atoms with Crippen LogP contribution in [0.25, 0.3) is 0 Å². The third-order valence-corrected chi connectivity index (χ3v) is 5.46. The van der Waals surface area contributed by atoms with Crippen LogP contribution in [-0.4, -0.2) is 40.0 Å². The Labute approximate surface area is 178 Å². The number of sulfonamides is 1. The summed E-state index contributed by atoms with van der Waals surface area (Å²) < 4.78 is 35.7. The van der Waals surface area contributed by atoms with Gasteiger partial charge in [0.2, 0.25) is 10.0 Å². The molecule has 0 heterocycles. The summed E-state index contributed by atoms with van der Waals surface area (Å²) in [7, 11) is -0.222. The average molecular weight is 438 g/mol. The Hall–Kier alpha value is -2.52. The molecule has 0 aliphatic carbocycles. The molecule has 0 amide bonds. The van der Waals surface area contributed by atoms with E-state index in [9.17, 15) is 8.42 Å². The van der Waals surface area contributed by atoms with Crippen LogP contribution >= 0.6 is 12.2 Å². The molecule has 0 aliphatic rings. The van der Waals surface area contributed by atoms with Gasteiger partial charge in [-0.1, -0.05) is 12.1 Å². The molecule has 0 saturated heterocycles. The molecule has 0 bridgehead atoms. The Morgan fingerprint density at radius 2 is 1.90 bits per heavy atom. The summed E-state index contributed by atoms with van der Waals surface area (Å²) in [5.41, 5.74) is 2.22. The van der Waals surface area contributed by atoms with E-state index in [1.165, 1.54) is 11.4 Å². The number of rotatable bonds is 8. The van der Waals surface area contributed by atoms with Crippen molar-refractivity contribution in [3.05, 3.63) is 48.0 Å². The zero-order valence-corrected chi connectivity index (χ0v) is 18.9. The second-order valence-corrected chi connectivity index (χ2v) is 9.16. The van der Waals surface area contributed by atoms with Gasteiger partial charge < -0.3 is 20.1 Å². The van der Waals surface area contributed by atoms with E-state index in [-0.39, 0.29) is 6.10 Å². The lowest BCUT2D eigenvalue weighted by molar-refractivity contribution is 0.230. The highest BCUT2D eigenvalue weighted by Crippen LogP contribution is 2.29. The molecule has 2 N–H and O–H groups in total. The second-order valence-electron chi connectivity index (χ2n) is 6.74. The van der Waals surface area contributed by atoms with Gasteiger partial charge >= 0.3 is 0 Å². The van der Waals surface area contributed by atoms with Crippen molar-refractivity contribution in [2.75, 3.05) is 30.0 Å². The van der Waals surface area contributed by atoms with E-state index >= 15 is 0 Å². The van der Waals surface area contributed by atoms with Crippen LogP contribution in [0.15, 0.2) is 42.5 Å². The Morgan fingerprint density at radius 1 is 1.17 bits per heavy atom. The molecule has 0 unspecified atom stereocenters. The molecule has 2 aromatic carbocycles. The third kappa shape index (κ3) is 6.79. The van der Waals surface area contributed by atoms with Gasteiger partial charge in [-0.3, -0.25) is 4.31 Å². The first-order valence-electron chi connectivity index (χ1n) is 9.02. The SMILES string of the molecule is COc1cc(CNC(=S)Nc2cccc(N(C)S(C)(=O)=O)c2)ccc1OC(C)C. The first-order chi connectivity index (χ1) is 13.6. The summed E-state index contributed by atoms with van der Waals surface area (Å²) in [6.45, 7) is 4.41. The molecule has 29 heavy (non-hydrogen) atoms. The lowest BCUT2D eigenvalue weighted by Crippen LogP contribution is -2.28. The number of nitrogens with one attached hydrogen (secondary N) is 2. The van der Waals surface area contributed by atoms with Crippen molar-refractivity contribution in [2.45, 2.75) is 26.5 Å². The molecule has 2 rings (SSSR count). The van der Waals surface area contributed by atoms with Crippen LogP contribution in [0.2, 0.25) is 0 Å². The van der Waals surface area contributed by atoms with E-state index in [4.69, 9.17) is 21.7 Å². The van der Waals surface area contributed by atoms with Gasteiger partial charge in [-0.05, 0) is 62.0 Å². The Kier molecular flexibility index (Phi) is 7.69. The molecular weight excluding hydrogens is 410 g/mol. The summed E-state index contributed by atoms with van der Waals surface area (Å²) in [6, 6.07) is 12.7. The first kappa shape index (κ1) is 22.8. The van der Waals surface area contributed by atoms with Crippen molar-refractivity contribution in [3.8, 4) is 11.5 Å². The van der Waals surface area contributed by atoms with Crippen molar-refractivity contribution in [2.24, 2.45) is 0 Å². The highest BCUT2D eigenvalue weighted by atomic mass is 32.2. The Morgan fingerprint density at radius 3 is 2.52 bits per heavy atom. The minimum atomic E-state index is -3.33. The van der Waals surface area contributed by atoms with E-state index in [1.54, 1.807) is 25.3 Å². The largest absolute Gasteiger partial charge is 0.493 e. The molecule has 2 aromatic rings. The van der Waals surface area contributed by atoms with Crippen molar-refractivity contribution in [1.29, 1.82) is 0 Å². The number of nitrogens with zero attached hydrogens (tertiary/aromatic N) is 1. The fourth-order valence-corrected chi connectivity index (χ4v) is 3.19. The van der Waals surface area contributed by atoms with Gasteiger partial charge in [0.15, 0.2) is 16.6 Å². The quantitative estimate of drug-likeness (QED) is 0.613. The lowest BCUT2D eigenvalue weighted by atomic mass is 10.2. The first-order valence-corrected chi connectivity index (χ1v) is 11.3. The Bertz CT molecular complexity index is 962. The topological polar surface area (TPSA) is 79.9 Å². The van der Waals surface area contributed by atoms with Crippen LogP contribution in [0, 0.1) is 0 Å². The van der Waals surface area contributed by atoms with Crippen LogP contribution in [0.5, 0.6) is 11.5 Å². The van der Waals surface area contributed by atoms with Gasteiger partial charge in [-0.2, -0.15) is 0 Å². The zero-order chi connectivity index (χ0) is 21.6. The van der Waals surface area contributed by atoms with E-state index < -0.39 is 10.0 Å². The van der Waals surface area contributed by atoms with Gasteiger partial charge in [0, 0.05) is 19.3 Å². The predicted molar refractivity (Wildman–Crippen MR) is 122 cm³/mol. The smallest absolute Gasteiger partial charge is 0.231 e. The fraction of sp³-hybridized carbons (Fsp3) is 0.350. The molecular formula is C20H27N3O4S2. The van der Waals surface area contributed by atoms with Gasteiger partial charge in [-0.25, -0.2) is 8.42 Å². The van der Waals surface area contributed by atoms with Crippen molar-refractivity contribution >= 4 is 38.7 Å². The summed E-state index contributed by atoms with van der Waals surface area (Å²) in [5, 5.41) is 6.62. The molecule has 0 aliphatic heterocycles. The van der Waals surface area contributed by atoms with Gasteiger partial charge in [-0.15, -0.1) is 0 Å². The number of methoxy groups -OCH3 is 1. The minimum Gasteiger partial charge on any atom is -0.493 e. The standard InChI is InChI=1S/C20H27N3O4S2/c1-14(2)27-18-10-9-15(11-19(18)26-4)13-21-20(28)22-16-7-6-8-17(12-16)23(3)29(5,24)25/h6-12,14H,13H2,1-5H3,(H2,21,22,28). The number of hydrogen-bond donors (Lipinski definition) is 2. The van der Waals surface area contributed by atoms with Crippen molar-refractivity contribution in [1.82, 2.24) is 5.32 Å². The number of ether oxygens (including phenoxy) is 2. The monoisotopic (exact) mass is 437 g/mol. The van der Waals surface area contributed by atoms with Crippen molar-refractivity contribution < 1.29 is 17.9 Å². The van der Waals surface area contributed by atoms with Gasteiger partial charge in [0.05, 0.1) is 25.2 Å². The number of hydrogen-bond acceptors (Lipinski definition) is 5. The molecule has 7 nitrogen and oxygen atoms in total. The highest BCUT2D eigenvalue weighted by molar-refractivity contribution is 7.92. The lowest BCUT2D eigenvalue weighted by Gasteiger charge is -2.18. The molecule has 0 saturated carbocycles. The fourth-order valence-electron chi connectivity index (χ4n) is 2.50. The van der Waals surface area contributed by atoms with E-state index in [0.717, 1.165) is 11.8 Å². The van der Waals surface area contributed by atoms with Crippen LogP contribution in [0.1, 0.15) is 19.4 Å². The molecule has 0 atom stereocenters. The molecule has 0 fully saturated rings. The third-order valence-electron chi connectivity index (χ3n) is 4.01. The predicted octanol–water partition coefficient (Wildman–Crippen LogP) is 3.36. The average Bonchev–Trinajstić information content (AvgIpc) is 2.65. The summed E-state index contributed by atoms with van der Waals surface area (Å²) in [5.74, 6) is 1.35. The van der Waals surface area contributed by atoms with Gasteiger partial charge in [0.25, 0.3) is 0 Å². The summed E-state index contributed by atoms with van der Waals surface area (Å²) in [6.07, 6.45) is 1.22. The van der Waals surface area contributed by atoms with E-state index in [2.05, 4.69) is 10.6 Å². The zero-order valence-electron chi connectivity index (χ0n) is 17.2. The number of thiocarbonyl (C=S) groups is 1. The maximum atomic E-state index is 11.7. The maximum absolute atomic E-state index is 11.7. The summed E-state index contributed by atoms with van der Waals surface area (Å²) >= 11 is 5.35. The summed E-state index contributed by atoms with van der Waals surface area (Å²) in [4.78, 5) is 0. The molecule has 158 valence electrons. The molecule has 0 spiro atoms. The second kappa shape index (κ2) is 9.80. The van der Waals surface area contributed by atoms with Crippen LogP contribution < -0.4 is 24.4 Å². The Balaban J connectivity index is 2.00.